The number of hydrogen-bond acceptors (Lipinski definition) is 4. The third-order valence-corrected chi connectivity index (χ3v) is 10.1. The van der Waals surface area contributed by atoms with Gasteiger partial charge in [-0.15, -0.1) is 0 Å². The van der Waals surface area contributed by atoms with E-state index in [4.69, 9.17) is 0 Å². The maximum absolute atomic E-state index is 13.6. The van der Waals surface area contributed by atoms with Gasteiger partial charge in [-0.2, -0.15) is 0 Å². The van der Waals surface area contributed by atoms with Crippen LogP contribution in [0.5, 0.6) is 0 Å². The molecule has 0 aromatic rings. The smallest absolute Gasteiger partial charge is 0.313 e. The number of Topliss-reactive ketones (excluding diaryl/α,β-unsaturated/α-hetero) is 1. The summed E-state index contributed by atoms with van der Waals surface area (Å²) >= 11 is 0. The van der Waals surface area contributed by atoms with Crippen LogP contribution in [0.15, 0.2) is 0 Å². The van der Waals surface area contributed by atoms with Gasteiger partial charge in [0.05, 0.1) is 12.6 Å². The predicted molar refractivity (Wildman–Crippen MR) is 123 cm³/mol. The highest BCUT2D eigenvalue weighted by Gasteiger charge is 2.60. The van der Waals surface area contributed by atoms with Crippen LogP contribution < -0.4 is 5.32 Å². The van der Waals surface area contributed by atoms with E-state index in [9.17, 15) is 14.4 Å². The molecule has 4 atom stereocenters. The summed E-state index contributed by atoms with van der Waals surface area (Å²) < 4.78 is 0. The van der Waals surface area contributed by atoms with Gasteiger partial charge in [-0.05, 0) is 68.7 Å². The maximum atomic E-state index is 13.6. The second-order valence-corrected chi connectivity index (χ2v) is 11.7. The van der Waals surface area contributed by atoms with Crippen LogP contribution >= 0.6 is 0 Å². The number of amides is 3. The quantitative estimate of drug-likeness (QED) is 0.515. The molecule has 0 aromatic carbocycles. The molecule has 2 saturated heterocycles. The Morgan fingerprint density at radius 1 is 0.938 bits per heavy atom. The van der Waals surface area contributed by atoms with E-state index in [0.29, 0.717) is 23.7 Å². The molecule has 32 heavy (non-hydrogen) atoms. The molecule has 178 valence electrons. The molecule has 0 radical (unpaired) electrons. The lowest BCUT2D eigenvalue weighted by Crippen LogP contribution is -2.56. The minimum atomic E-state index is -0.799. The summed E-state index contributed by atoms with van der Waals surface area (Å²) in [5.74, 6) is 2.57. The molecular formula is C26H41N3O3. The van der Waals surface area contributed by atoms with Crippen molar-refractivity contribution in [2.45, 2.75) is 95.6 Å². The summed E-state index contributed by atoms with van der Waals surface area (Å²) in [7, 11) is 1.77. The predicted octanol–water partition coefficient (Wildman–Crippen LogP) is 3.98. The Labute approximate surface area is 192 Å². The van der Waals surface area contributed by atoms with Crippen molar-refractivity contribution in [2.24, 2.45) is 29.6 Å². The van der Waals surface area contributed by atoms with E-state index in [2.05, 4.69) is 5.32 Å². The summed E-state index contributed by atoms with van der Waals surface area (Å²) in [5, 5.41) is 3.43. The summed E-state index contributed by atoms with van der Waals surface area (Å²) in [5.41, 5.74) is -0.799. The Morgan fingerprint density at radius 2 is 1.62 bits per heavy atom. The van der Waals surface area contributed by atoms with Gasteiger partial charge in [0, 0.05) is 7.05 Å². The van der Waals surface area contributed by atoms with Crippen LogP contribution in [0.25, 0.3) is 0 Å². The van der Waals surface area contributed by atoms with Crippen LogP contribution in [0.2, 0.25) is 0 Å². The van der Waals surface area contributed by atoms with Crippen molar-refractivity contribution in [3.05, 3.63) is 0 Å². The van der Waals surface area contributed by atoms with Gasteiger partial charge in [0.25, 0.3) is 5.91 Å². The first-order chi connectivity index (χ1) is 15.4. The molecule has 1 N–H and O–H groups in total. The first kappa shape index (κ1) is 22.4. The molecule has 0 spiro atoms. The zero-order valence-electron chi connectivity index (χ0n) is 20.0. The molecule has 2 aliphatic heterocycles. The monoisotopic (exact) mass is 443 g/mol. The number of carbonyl (C=O) groups excluding carboxylic acids is 3. The van der Waals surface area contributed by atoms with E-state index in [0.717, 1.165) is 19.4 Å². The molecule has 6 fully saturated rings. The van der Waals surface area contributed by atoms with E-state index < -0.39 is 5.54 Å². The minimum Gasteiger partial charge on any atom is -0.313 e. The van der Waals surface area contributed by atoms with Crippen LogP contribution in [-0.4, -0.2) is 59.2 Å². The number of urea groups is 1. The van der Waals surface area contributed by atoms with E-state index in [1.807, 2.05) is 6.92 Å². The third kappa shape index (κ3) is 3.70. The fourth-order valence-electron chi connectivity index (χ4n) is 7.91. The van der Waals surface area contributed by atoms with Crippen LogP contribution in [0.1, 0.15) is 84.0 Å². The lowest BCUT2D eigenvalue weighted by molar-refractivity contribution is -0.140. The topological polar surface area (TPSA) is 69.7 Å². The Balaban J connectivity index is 1.24. The van der Waals surface area contributed by atoms with Gasteiger partial charge in [-0.25, -0.2) is 4.79 Å². The van der Waals surface area contributed by atoms with Crippen molar-refractivity contribution in [1.29, 1.82) is 0 Å². The Kier molecular flexibility index (Phi) is 6.10. The number of ketones is 1. The Bertz CT molecular complexity index is 753. The first-order valence-electron chi connectivity index (χ1n) is 13.3. The van der Waals surface area contributed by atoms with Crippen molar-refractivity contribution in [1.82, 2.24) is 15.1 Å². The Morgan fingerprint density at radius 3 is 2.25 bits per heavy atom. The Hall–Kier alpha value is -1.43. The largest absolute Gasteiger partial charge is 0.327 e. The fourth-order valence-corrected chi connectivity index (χ4v) is 7.91. The average Bonchev–Trinajstić information content (AvgIpc) is 3.23. The highest BCUT2D eigenvalue weighted by atomic mass is 16.2. The summed E-state index contributed by atoms with van der Waals surface area (Å²) in [4.78, 5) is 42.9. The van der Waals surface area contributed by atoms with Crippen molar-refractivity contribution in [3.8, 4) is 0 Å². The van der Waals surface area contributed by atoms with Crippen LogP contribution in [0.3, 0.4) is 0 Å². The van der Waals surface area contributed by atoms with Gasteiger partial charge in [-0.3, -0.25) is 14.5 Å². The van der Waals surface area contributed by atoms with Gasteiger partial charge < -0.3 is 10.2 Å². The lowest BCUT2D eigenvalue weighted by Gasteiger charge is -2.49. The van der Waals surface area contributed by atoms with Crippen molar-refractivity contribution in [2.75, 3.05) is 20.1 Å². The average molecular weight is 444 g/mol. The van der Waals surface area contributed by atoms with Crippen LogP contribution in [0, 0.1) is 29.6 Å². The molecule has 0 aromatic heterocycles. The van der Waals surface area contributed by atoms with Crippen molar-refractivity contribution < 1.29 is 14.4 Å². The number of fused-ring (bicyclic) bond motifs is 3. The van der Waals surface area contributed by atoms with Gasteiger partial charge in [-0.1, -0.05) is 51.4 Å². The molecule has 6 aliphatic rings. The number of nitrogens with one attached hydrogen (secondary N) is 1. The van der Waals surface area contributed by atoms with Crippen LogP contribution in [0.4, 0.5) is 4.79 Å². The molecule has 6 heteroatoms. The summed E-state index contributed by atoms with van der Waals surface area (Å²) in [6.45, 7) is 2.78. The van der Waals surface area contributed by atoms with Crippen molar-refractivity contribution >= 4 is 17.7 Å². The number of hydrogen-bond donors (Lipinski definition) is 1. The van der Waals surface area contributed by atoms with Gasteiger partial charge in [0.15, 0.2) is 5.78 Å². The summed E-state index contributed by atoms with van der Waals surface area (Å²) in [6.07, 6.45) is 14.6. The standard InChI is InChI=1S/C26H41N3O3/c1-26(21-13-17-9-11-19(21)12-10-17)24(31)29(25(32)28(26)2)16-23(30)22-14-20(15-27-22)18-7-5-3-4-6-8-18/h17-22,27H,3-16H2,1-2H3. The highest BCUT2D eigenvalue weighted by Crippen LogP contribution is 2.52. The normalized spacial score (nSPS) is 40.9. The van der Waals surface area contributed by atoms with Crippen LogP contribution in [-0.2, 0) is 9.59 Å². The SMILES string of the molecule is CN1C(=O)N(CC(=O)C2CC(C3CCCCCC3)CN2)C(=O)C1(C)C1CC2CCC1CC2. The molecule has 4 saturated carbocycles. The van der Waals surface area contributed by atoms with Crippen molar-refractivity contribution in [3.63, 3.8) is 0 Å². The second-order valence-electron chi connectivity index (χ2n) is 11.7. The summed E-state index contributed by atoms with van der Waals surface area (Å²) in [6, 6.07) is -0.502. The van der Waals surface area contributed by atoms with E-state index >= 15 is 0 Å². The molecular weight excluding hydrogens is 402 g/mol. The molecule has 4 aliphatic carbocycles. The van der Waals surface area contributed by atoms with Gasteiger partial charge >= 0.3 is 6.03 Å². The molecule has 3 amide bonds. The molecule has 2 bridgehead atoms. The number of nitrogens with zero attached hydrogens (tertiary/aromatic N) is 2. The third-order valence-electron chi connectivity index (χ3n) is 10.1. The zero-order chi connectivity index (χ0) is 22.5. The van der Waals surface area contributed by atoms with E-state index in [1.165, 1.54) is 69.1 Å². The maximum Gasteiger partial charge on any atom is 0.327 e. The molecule has 6 rings (SSSR count). The number of imide groups is 1. The molecule has 2 heterocycles. The molecule has 6 nitrogen and oxygen atoms in total. The highest BCUT2D eigenvalue weighted by molar-refractivity contribution is 6.09. The number of carbonyl (C=O) groups is 3. The second kappa shape index (κ2) is 8.73. The van der Waals surface area contributed by atoms with E-state index in [-0.39, 0.29) is 36.2 Å². The molecule has 4 unspecified atom stereocenters. The number of likely N-dealkylation sites (N-methyl/N-ethyl adjacent to an activating group) is 1. The zero-order valence-corrected chi connectivity index (χ0v) is 20.0. The first-order valence-corrected chi connectivity index (χ1v) is 13.3. The lowest BCUT2D eigenvalue weighted by atomic mass is 9.59. The number of rotatable bonds is 5. The van der Waals surface area contributed by atoms with Gasteiger partial charge in [0.2, 0.25) is 0 Å². The van der Waals surface area contributed by atoms with Gasteiger partial charge in [0.1, 0.15) is 5.54 Å². The van der Waals surface area contributed by atoms with E-state index in [1.54, 1.807) is 11.9 Å². The fraction of sp³-hybridized carbons (Fsp3) is 0.885. The minimum absolute atomic E-state index is 0.00522.